The fourth-order valence-corrected chi connectivity index (χ4v) is 1.99. The number of aliphatic carboxylic acids is 1. The minimum atomic E-state index is -0.777. The fraction of sp³-hybridized carbons (Fsp3) is 0.286. The molecule has 2 rings (SSSR count). The van der Waals surface area contributed by atoms with E-state index in [-0.39, 0.29) is 11.8 Å². The third-order valence-corrected chi connectivity index (χ3v) is 3.02. The van der Waals surface area contributed by atoms with Gasteiger partial charge in [-0.2, -0.15) is 0 Å². The van der Waals surface area contributed by atoms with Crippen molar-refractivity contribution in [2.75, 3.05) is 0 Å². The summed E-state index contributed by atoms with van der Waals surface area (Å²) in [5, 5.41) is 11.1. The number of aromatic nitrogens is 1. The summed E-state index contributed by atoms with van der Waals surface area (Å²) in [5.74, 6) is -0.777. The molecule has 0 aliphatic rings. The number of pyridine rings is 1. The molecule has 0 aliphatic carbocycles. The van der Waals surface area contributed by atoms with E-state index in [9.17, 15) is 4.79 Å². The van der Waals surface area contributed by atoms with Crippen LogP contribution in [0.1, 0.15) is 25.8 Å². The van der Waals surface area contributed by atoms with Gasteiger partial charge in [0.2, 0.25) is 0 Å². The second-order valence-corrected chi connectivity index (χ2v) is 4.89. The topological polar surface area (TPSA) is 50.2 Å². The number of carboxylic acid groups (broad SMARTS) is 1. The van der Waals surface area contributed by atoms with Crippen molar-refractivity contribution in [3.05, 3.63) is 42.2 Å². The zero-order valence-corrected chi connectivity index (χ0v) is 9.97. The summed E-state index contributed by atoms with van der Waals surface area (Å²) in [5.41, 5.74) is 0.663. The summed E-state index contributed by atoms with van der Waals surface area (Å²) in [7, 11) is 0. The monoisotopic (exact) mass is 229 g/mol. The predicted octanol–water partition coefficient (Wildman–Crippen LogP) is 2.99. The molecule has 1 aromatic heterocycles. The molecule has 0 bridgehead atoms. The van der Waals surface area contributed by atoms with E-state index in [4.69, 9.17) is 5.11 Å². The third-order valence-electron chi connectivity index (χ3n) is 3.02. The maximum absolute atomic E-state index is 10.8. The van der Waals surface area contributed by atoms with E-state index in [1.807, 2.05) is 38.1 Å². The molecule has 1 N–H and O–H groups in total. The number of nitrogens with zero attached hydrogens (tertiary/aromatic N) is 1. The van der Waals surface area contributed by atoms with Gasteiger partial charge in [-0.1, -0.05) is 26.0 Å². The van der Waals surface area contributed by atoms with Crippen molar-refractivity contribution in [3.63, 3.8) is 0 Å². The molecule has 0 radical (unpaired) electrons. The number of rotatable bonds is 3. The van der Waals surface area contributed by atoms with Gasteiger partial charge in [-0.05, 0) is 23.1 Å². The van der Waals surface area contributed by atoms with Crippen LogP contribution in [0.4, 0.5) is 0 Å². The zero-order valence-electron chi connectivity index (χ0n) is 9.97. The number of fused-ring (bicyclic) bond motifs is 1. The number of carboxylic acids is 1. The van der Waals surface area contributed by atoms with E-state index < -0.39 is 5.97 Å². The van der Waals surface area contributed by atoms with Crippen molar-refractivity contribution >= 4 is 16.7 Å². The van der Waals surface area contributed by atoms with E-state index >= 15 is 0 Å². The lowest BCUT2D eigenvalue weighted by Gasteiger charge is -2.23. The van der Waals surface area contributed by atoms with Crippen LogP contribution in [0.3, 0.4) is 0 Å². The van der Waals surface area contributed by atoms with E-state index in [2.05, 4.69) is 4.98 Å². The molecule has 0 spiro atoms. The Morgan fingerprint density at radius 2 is 2.06 bits per heavy atom. The van der Waals surface area contributed by atoms with Gasteiger partial charge in [0.1, 0.15) is 0 Å². The van der Waals surface area contributed by atoms with Crippen LogP contribution in [0.5, 0.6) is 0 Å². The van der Waals surface area contributed by atoms with Crippen LogP contribution in [-0.2, 0) is 10.2 Å². The first-order chi connectivity index (χ1) is 7.99. The molecule has 3 heteroatoms. The van der Waals surface area contributed by atoms with Crippen molar-refractivity contribution in [2.24, 2.45) is 0 Å². The van der Waals surface area contributed by atoms with Crippen LogP contribution in [0.2, 0.25) is 0 Å². The summed E-state index contributed by atoms with van der Waals surface area (Å²) in [6.45, 7) is 3.89. The van der Waals surface area contributed by atoms with Crippen LogP contribution in [0.15, 0.2) is 36.7 Å². The van der Waals surface area contributed by atoms with Gasteiger partial charge in [0.25, 0.3) is 0 Å². The SMILES string of the molecule is CC(C)(CC(=O)O)c1ccc2ccncc2c1. The molecule has 0 saturated heterocycles. The molecule has 1 aromatic carbocycles. The van der Waals surface area contributed by atoms with E-state index in [1.54, 1.807) is 12.4 Å². The number of carbonyl (C=O) groups is 1. The second kappa shape index (κ2) is 4.17. The second-order valence-electron chi connectivity index (χ2n) is 4.89. The van der Waals surface area contributed by atoms with E-state index in [0.717, 1.165) is 16.3 Å². The highest BCUT2D eigenvalue weighted by molar-refractivity contribution is 5.82. The molecule has 88 valence electrons. The zero-order chi connectivity index (χ0) is 12.5. The van der Waals surface area contributed by atoms with Gasteiger partial charge in [0.15, 0.2) is 0 Å². The average Bonchev–Trinajstić information content (AvgIpc) is 2.26. The number of hydrogen-bond donors (Lipinski definition) is 1. The molecule has 0 amide bonds. The summed E-state index contributed by atoms with van der Waals surface area (Å²) >= 11 is 0. The van der Waals surface area contributed by atoms with Crippen molar-refractivity contribution in [3.8, 4) is 0 Å². The van der Waals surface area contributed by atoms with E-state index in [1.165, 1.54) is 0 Å². The molecular formula is C14H15NO2. The van der Waals surface area contributed by atoms with Gasteiger partial charge >= 0.3 is 5.97 Å². The van der Waals surface area contributed by atoms with Gasteiger partial charge in [0, 0.05) is 23.2 Å². The molecular weight excluding hydrogens is 214 g/mol. The highest BCUT2D eigenvalue weighted by atomic mass is 16.4. The van der Waals surface area contributed by atoms with Gasteiger partial charge in [-0.15, -0.1) is 0 Å². The molecule has 3 nitrogen and oxygen atoms in total. The Balaban J connectivity index is 2.45. The Kier molecular flexibility index (Phi) is 2.84. The van der Waals surface area contributed by atoms with Gasteiger partial charge in [-0.3, -0.25) is 9.78 Å². The molecule has 2 aromatic rings. The fourth-order valence-electron chi connectivity index (χ4n) is 1.99. The molecule has 0 atom stereocenters. The first-order valence-corrected chi connectivity index (χ1v) is 5.55. The van der Waals surface area contributed by atoms with Crippen LogP contribution in [0, 0.1) is 0 Å². The smallest absolute Gasteiger partial charge is 0.304 e. The van der Waals surface area contributed by atoms with Crippen LogP contribution in [0.25, 0.3) is 10.8 Å². The highest BCUT2D eigenvalue weighted by Crippen LogP contribution is 2.29. The lowest BCUT2D eigenvalue weighted by Crippen LogP contribution is -2.21. The Hall–Kier alpha value is -1.90. The molecule has 0 fully saturated rings. The summed E-state index contributed by atoms with van der Waals surface area (Å²) in [4.78, 5) is 14.9. The number of hydrogen-bond acceptors (Lipinski definition) is 2. The standard InChI is InChI=1S/C14H15NO2/c1-14(2,8-13(16)17)12-4-3-10-5-6-15-9-11(10)7-12/h3-7,9H,8H2,1-2H3,(H,16,17). The molecule has 0 aliphatic heterocycles. The molecule has 0 unspecified atom stereocenters. The van der Waals surface area contributed by atoms with Crippen LogP contribution in [-0.4, -0.2) is 16.1 Å². The van der Waals surface area contributed by atoms with Crippen molar-refractivity contribution in [2.45, 2.75) is 25.7 Å². The van der Waals surface area contributed by atoms with Crippen LogP contribution < -0.4 is 0 Å². The Bertz CT molecular complexity index is 561. The molecule has 0 saturated carbocycles. The van der Waals surface area contributed by atoms with Crippen molar-refractivity contribution < 1.29 is 9.90 Å². The summed E-state index contributed by atoms with van der Waals surface area (Å²) < 4.78 is 0. The average molecular weight is 229 g/mol. The van der Waals surface area contributed by atoms with E-state index in [0.29, 0.717) is 0 Å². The third kappa shape index (κ3) is 2.44. The Morgan fingerprint density at radius 3 is 2.76 bits per heavy atom. The normalized spacial score (nSPS) is 11.6. The largest absolute Gasteiger partial charge is 0.481 e. The maximum atomic E-state index is 10.8. The van der Waals surface area contributed by atoms with Crippen LogP contribution >= 0.6 is 0 Å². The molecule has 1 heterocycles. The lowest BCUT2D eigenvalue weighted by molar-refractivity contribution is -0.138. The van der Waals surface area contributed by atoms with Gasteiger partial charge < -0.3 is 5.11 Å². The summed E-state index contributed by atoms with van der Waals surface area (Å²) in [6, 6.07) is 7.97. The minimum Gasteiger partial charge on any atom is -0.481 e. The minimum absolute atomic E-state index is 0.124. The highest BCUT2D eigenvalue weighted by Gasteiger charge is 2.24. The van der Waals surface area contributed by atoms with Gasteiger partial charge in [0.05, 0.1) is 6.42 Å². The molecule has 17 heavy (non-hydrogen) atoms. The quantitative estimate of drug-likeness (QED) is 0.880. The first kappa shape index (κ1) is 11.6. The Labute approximate surface area is 100 Å². The van der Waals surface area contributed by atoms with Crippen molar-refractivity contribution in [1.29, 1.82) is 0 Å². The number of benzene rings is 1. The first-order valence-electron chi connectivity index (χ1n) is 5.55. The predicted molar refractivity (Wildman–Crippen MR) is 67.0 cm³/mol. The summed E-state index contributed by atoms with van der Waals surface area (Å²) in [6.07, 6.45) is 3.68. The van der Waals surface area contributed by atoms with Gasteiger partial charge in [-0.25, -0.2) is 0 Å². The maximum Gasteiger partial charge on any atom is 0.304 e. The Morgan fingerprint density at radius 1 is 1.29 bits per heavy atom. The van der Waals surface area contributed by atoms with Crippen molar-refractivity contribution in [1.82, 2.24) is 4.98 Å². The lowest BCUT2D eigenvalue weighted by atomic mass is 9.81.